The number of rotatable bonds is 8. The highest BCUT2D eigenvalue weighted by Crippen LogP contribution is 2.12. The molecule has 0 heterocycles. The Kier molecular flexibility index (Phi) is 6.39. The van der Waals surface area contributed by atoms with E-state index in [2.05, 4.69) is 10.2 Å². The minimum absolute atomic E-state index is 0.108. The van der Waals surface area contributed by atoms with Crippen LogP contribution in [0.4, 0.5) is 0 Å². The summed E-state index contributed by atoms with van der Waals surface area (Å²) >= 11 is 0. The van der Waals surface area contributed by atoms with Gasteiger partial charge in [0.15, 0.2) is 5.78 Å². The van der Waals surface area contributed by atoms with Crippen LogP contribution in [0.15, 0.2) is 24.3 Å². The third kappa shape index (κ3) is 5.29. The monoisotopic (exact) mass is 250 g/mol. The van der Waals surface area contributed by atoms with Crippen molar-refractivity contribution in [2.75, 3.05) is 40.3 Å². The molecule has 0 aliphatic carbocycles. The second kappa shape index (κ2) is 7.84. The molecular weight excluding hydrogens is 228 g/mol. The van der Waals surface area contributed by atoms with Gasteiger partial charge in [-0.05, 0) is 45.3 Å². The van der Waals surface area contributed by atoms with Gasteiger partial charge >= 0.3 is 0 Å². The summed E-state index contributed by atoms with van der Waals surface area (Å²) in [6.45, 7) is 4.70. The lowest BCUT2D eigenvalue weighted by Crippen LogP contribution is -2.30. The molecule has 0 unspecified atom stereocenters. The fourth-order valence-corrected chi connectivity index (χ4v) is 1.51. The Hall–Kier alpha value is -1.39. The van der Waals surface area contributed by atoms with E-state index in [9.17, 15) is 4.79 Å². The van der Waals surface area contributed by atoms with E-state index in [0.29, 0.717) is 13.2 Å². The first-order valence-electron chi connectivity index (χ1n) is 6.25. The summed E-state index contributed by atoms with van der Waals surface area (Å²) in [6.07, 6.45) is 0. The molecule has 0 bridgehead atoms. The van der Waals surface area contributed by atoms with Crippen molar-refractivity contribution in [1.82, 2.24) is 10.2 Å². The van der Waals surface area contributed by atoms with Crippen LogP contribution in [0.3, 0.4) is 0 Å². The van der Waals surface area contributed by atoms with Gasteiger partial charge in [0.05, 0.1) is 13.2 Å². The van der Waals surface area contributed by atoms with Gasteiger partial charge in [-0.25, -0.2) is 0 Å². The largest absolute Gasteiger partial charge is 0.494 e. The van der Waals surface area contributed by atoms with Gasteiger partial charge in [-0.15, -0.1) is 0 Å². The van der Waals surface area contributed by atoms with Crippen LogP contribution in [-0.4, -0.2) is 51.0 Å². The maximum atomic E-state index is 11.8. The smallest absolute Gasteiger partial charge is 0.176 e. The van der Waals surface area contributed by atoms with Gasteiger partial charge in [-0.1, -0.05) is 0 Å². The van der Waals surface area contributed by atoms with Gasteiger partial charge in [-0.2, -0.15) is 0 Å². The second-order valence-electron chi connectivity index (χ2n) is 4.36. The van der Waals surface area contributed by atoms with E-state index in [0.717, 1.165) is 24.4 Å². The minimum atomic E-state index is 0.108. The van der Waals surface area contributed by atoms with E-state index < -0.39 is 0 Å². The average molecular weight is 250 g/mol. The molecule has 0 spiro atoms. The first-order valence-corrected chi connectivity index (χ1v) is 6.25. The van der Waals surface area contributed by atoms with Gasteiger partial charge in [0.25, 0.3) is 0 Å². The molecule has 0 fully saturated rings. The molecule has 0 radical (unpaired) electrons. The maximum Gasteiger partial charge on any atom is 0.176 e. The van der Waals surface area contributed by atoms with E-state index in [1.165, 1.54) is 0 Å². The Morgan fingerprint density at radius 1 is 1.28 bits per heavy atom. The molecule has 4 heteroatoms. The van der Waals surface area contributed by atoms with Crippen LogP contribution in [-0.2, 0) is 0 Å². The summed E-state index contributed by atoms with van der Waals surface area (Å²) in [5, 5.41) is 3.13. The van der Waals surface area contributed by atoms with Gasteiger partial charge in [0, 0.05) is 18.7 Å². The van der Waals surface area contributed by atoms with Gasteiger partial charge in [0.2, 0.25) is 0 Å². The van der Waals surface area contributed by atoms with Crippen molar-refractivity contribution in [2.45, 2.75) is 6.92 Å². The van der Waals surface area contributed by atoms with E-state index >= 15 is 0 Å². The van der Waals surface area contributed by atoms with Crippen molar-refractivity contribution in [3.63, 3.8) is 0 Å². The lowest BCUT2D eigenvalue weighted by atomic mass is 10.1. The van der Waals surface area contributed by atoms with Gasteiger partial charge in [-0.3, -0.25) is 4.79 Å². The van der Waals surface area contributed by atoms with Gasteiger partial charge in [0.1, 0.15) is 5.75 Å². The number of hydrogen-bond acceptors (Lipinski definition) is 4. The van der Waals surface area contributed by atoms with Crippen LogP contribution < -0.4 is 10.1 Å². The second-order valence-corrected chi connectivity index (χ2v) is 4.36. The van der Waals surface area contributed by atoms with Crippen LogP contribution in [0.1, 0.15) is 17.3 Å². The minimum Gasteiger partial charge on any atom is -0.494 e. The van der Waals surface area contributed by atoms with Crippen molar-refractivity contribution in [3.8, 4) is 5.75 Å². The zero-order valence-corrected chi connectivity index (χ0v) is 11.4. The standard InChI is InChI=1S/C14H22N2O2/c1-4-18-13-7-5-12(6-8-13)14(17)11-15-9-10-16(2)3/h5-8,15H,4,9-11H2,1-3H3. The molecule has 0 amide bonds. The SMILES string of the molecule is CCOc1ccc(C(=O)CNCCN(C)C)cc1. The molecule has 1 aromatic carbocycles. The normalized spacial score (nSPS) is 10.7. The fraction of sp³-hybridized carbons (Fsp3) is 0.500. The van der Waals surface area contributed by atoms with Crippen LogP contribution in [0.2, 0.25) is 0 Å². The zero-order chi connectivity index (χ0) is 13.4. The number of nitrogens with one attached hydrogen (secondary N) is 1. The number of carbonyl (C=O) groups is 1. The lowest BCUT2D eigenvalue weighted by molar-refractivity contribution is 0.0990. The van der Waals surface area contributed by atoms with Crippen LogP contribution in [0.25, 0.3) is 0 Å². The van der Waals surface area contributed by atoms with Crippen LogP contribution >= 0.6 is 0 Å². The maximum absolute atomic E-state index is 11.8. The van der Waals surface area contributed by atoms with Crippen LogP contribution in [0, 0.1) is 0 Å². The number of nitrogens with zero attached hydrogens (tertiary/aromatic N) is 1. The highest BCUT2D eigenvalue weighted by Gasteiger charge is 2.05. The number of carbonyl (C=O) groups excluding carboxylic acids is 1. The summed E-state index contributed by atoms with van der Waals surface area (Å²) in [4.78, 5) is 13.9. The predicted molar refractivity (Wildman–Crippen MR) is 73.4 cm³/mol. The topological polar surface area (TPSA) is 41.6 Å². The molecule has 1 N–H and O–H groups in total. The Balaban J connectivity index is 2.37. The molecule has 0 aliphatic rings. The lowest BCUT2D eigenvalue weighted by Gasteiger charge is -2.10. The Morgan fingerprint density at radius 3 is 2.50 bits per heavy atom. The quantitative estimate of drug-likeness (QED) is 0.559. The third-order valence-electron chi connectivity index (χ3n) is 2.51. The van der Waals surface area contributed by atoms with E-state index in [1.807, 2.05) is 33.2 Å². The molecule has 0 atom stereocenters. The van der Waals surface area contributed by atoms with Crippen molar-refractivity contribution in [2.24, 2.45) is 0 Å². The van der Waals surface area contributed by atoms with Crippen molar-refractivity contribution < 1.29 is 9.53 Å². The molecular formula is C14H22N2O2. The fourth-order valence-electron chi connectivity index (χ4n) is 1.51. The number of Topliss-reactive ketones (excluding diaryl/α,β-unsaturated/α-hetero) is 1. The average Bonchev–Trinajstić information content (AvgIpc) is 2.35. The Morgan fingerprint density at radius 2 is 1.94 bits per heavy atom. The summed E-state index contributed by atoms with van der Waals surface area (Å²) in [6, 6.07) is 7.27. The van der Waals surface area contributed by atoms with E-state index in [-0.39, 0.29) is 5.78 Å². The molecule has 1 rings (SSSR count). The van der Waals surface area contributed by atoms with Crippen molar-refractivity contribution in [3.05, 3.63) is 29.8 Å². The Labute approximate surface area is 109 Å². The summed E-state index contributed by atoms with van der Waals surface area (Å²) < 4.78 is 5.33. The Bertz CT molecular complexity index is 361. The summed E-state index contributed by atoms with van der Waals surface area (Å²) in [5.41, 5.74) is 0.718. The molecule has 0 saturated carbocycles. The molecule has 18 heavy (non-hydrogen) atoms. The number of hydrogen-bond donors (Lipinski definition) is 1. The van der Waals surface area contributed by atoms with E-state index in [1.54, 1.807) is 12.1 Å². The highest BCUT2D eigenvalue weighted by molar-refractivity contribution is 5.97. The van der Waals surface area contributed by atoms with Gasteiger partial charge < -0.3 is 15.0 Å². The third-order valence-corrected chi connectivity index (χ3v) is 2.51. The predicted octanol–water partition coefficient (Wildman–Crippen LogP) is 1.42. The van der Waals surface area contributed by atoms with Crippen molar-refractivity contribution in [1.29, 1.82) is 0 Å². The summed E-state index contributed by atoms with van der Waals surface area (Å²) in [5.74, 6) is 0.909. The first-order chi connectivity index (χ1) is 8.63. The molecule has 0 saturated heterocycles. The number of likely N-dealkylation sites (N-methyl/N-ethyl adjacent to an activating group) is 1. The molecule has 100 valence electrons. The number of ketones is 1. The molecule has 4 nitrogen and oxygen atoms in total. The first kappa shape index (κ1) is 14.7. The number of ether oxygens (including phenoxy) is 1. The highest BCUT2D eigenvalue weighted by atomic mass is 16.5. The summed E-state index contributed by atoms with van der Waals surface area (Å²) in [7, 11) is 4.02. The van der Waals surface area contributed by atoms with E-state index in [4.69, 9.17) is 4.74 Å². The molecule has 1 aromatic rings. The molecule has 0 aliphatic heterocycles. The molecule has 0 aromatic heterocycles. The zero-order valence-electron chi connectivity index (χ0n) is 11.4. The van der Waals surface area contributed by atoms with Crippen LogP contribution in [0.5, 0.6) is 5.75 Å². The van der Waals surface area contributed by atoms with Crippen molar-refractivity contribution >= 4 is 5.78 Å². The number of benzene rings is 1.